The van der Waals surface area contributed by atoms with Gasteiger partial charge < -0.3 is 10.2 Å². The van der Waals surface area contributed by atoms with Crippen LogP contribution in [0.5, 0.6) is 0 Å². The van der Waals surface area contributed by atoms with Crippen LogP contribution in [0, 0.1) is 0 Å². The lowest BCUT2D eigenvalue weighted by atomic mass is 9.86. The van der Waals surface area contributed by atoms with E-state index in [1.54, 1.807) is 11.1 Å². The number of amides is 1. The number of halogens is 1. The molecule has 0 spiro atoms. The van der Waals surface area contributed by atoms with E-state index in [2.05, 4.69) is 36.4 Å². The zero-order valence-corrected chi connectivity index (χ0v) is 15.9. The van der Waals surface area contributed by atoms with Gasteiger partial charge in [0.05, 0.1) is 0 Å². The number of rotatable bonds is 4. The fourth-order valence-electron chi connectivity index (χ4n) is 3.43. The van der Waals surface area contributed by atoms with Gasteiger partial charge in [-0.1, -0.05) is 26.0 Å². The Kier molecular flexibility index (Phi) is 6.25. The minimum absolute atomic E-state index is 0. The van der Waals surface area contributed by atoms with E-state index in [4.69, 9.17) is 0 Å². The van der Waals surface area contributed by atoms with Crippen molar-refractivity contribution in [2.75, 3.05) is 25.0 Å². The maximum atomic E-state index is 13.4. The van der Waals surface area contributed by atoms with Crippen LogP contribution in [0.3, 0.4) is 0 Å². The lowest BCUT2D eigenvalue weighted by Gasteiger charge is -2.39. The number of carbonyl (C=O) groups excluding carboxylic acids is 1. The number of benzene rings is 1. The van der Waals surface area contributed by atoms with Crippen molar-refractivity contribution in [2.24, 2.45) is 0 Å². The van der Waals surface area contributed by atoms with Crippen LogP contribution in [0.25, 0.3) is 0 Å². The van der Waals surface area contributed by atoms with Crippen LogP contribution in [0.4, 0.5) is 5.69 Å². The molecule has 1 aliphatic rings. The molecule has 0 aliphatic carbocycles. The van der Waals surface area contributed by atoms with Crippen LogP contribution in [-0.4, -0.2) is 35.8 Å². The topological polar surface area (TPSA) is 50.2 Å². The minimum Gasteiger partial charge on any atom is -0.317 e. The van der Waals surface area contributed by atoms with Crippen LogP contribution in [-0.2, 0) is 10.3 Å². The van der Waals surface area contributed by atoms with Crippen molar-refractivity contribution in [2.45, 2.75) is 38.1 Å². The number of aromatic nitrogens is 2. The Balaban J connectivity index is 0.00000225. The summed E-state index contributed by atoms with van der Waals surface area (Å²) in [6, 6.07) is 10.1. The average molecular weight is 363 g/mol. The standard InChI is InChI=1S/C19H26N4O.ClH/c1-15(2)16-6-4-7-17(14-16)22(3)18(24)19(8-11-20-12-9-19)23-13-5-10-21-23;/h4-7,10,13-15,20H,8-9,11-12H2,1-3H3;1H. The molecule has 1 aromatic heterocycles. The summed E-state index contributed by atoms with van der Waals surface area (Å²) in [4.78, 5) is 15.2. The summed E-state index contributed by atoms with van der Waals surface area (Å²) >= 11 is 0. The van der Waals surface area contributed by atoms with Gasteiger partial charge in [-0.25, -0.2) is 0 Å². The number of anilines is 1. The maximum absolute atomic E-state index is 13.4. The van der Waals surface area contributed by atoms with Crippen molar-refractivity contribution in [1.82, 2.24) is 15.1 Å². The third-order valence-electron chi connectivity index (χ3n) is 5.00. The Bertz CT molecular complexity index is 693. The lowest BCUT2D eigenvalue weighted by molar-refractivity contribution is -0.128. The number of hydrogen-bond donors (Lipinski definition) is 1. The van der Waals surface area contributed by atoms with Crippen molar-refractivity contribution in [1.29, 1.82) is 0 Å². The second-order valence-corrected chi connectivity index (χ2v) is 6.85. The van der Waals surface area contributed by atoms with Crippen molar-refractivity contribution in [3.63, 3.8) is 0 Å². The van der Waals surface area contributed by atoms with Gasteiger partial charge in [-0.3, -0.25) is 9.48 Å². The van der Waals surface area contributed by atoms with Crippen molar-refractivity contribution in [3.8, 4) is 0 Å². The molecule has 1 amide bonds. The molecule has 0 unspecified atom stereocenters. The summed E-state index contributed by atoms with van der Waals surface area (Å²) in [7, 11) is 1.87. The molecular formula is C19H27ClN4O. The molecule has 3 rings (SSSR count). The van der Waals surface area contributed by atoms with E-state index in [-0.39, 0.29) is 18.3 Å². The van der Waals surface area contributed by atoms with Crippen LogP contribution >= 0.6 is 12.4 Å². The number of carbonyl (C=O) groups is 1. The molecule has 0 bridgehead atoms. The third kappa shape index (κ3) is 3.72. The van der Waals surface area contributed by atoms with E-state index in [0.29, 0.717) is 5.92 Å². The van der Waals surface area contributed by atoms with Crippen LogP contribution < -0.4 is 10.2 Å². The summed E-state index contributed by atoms with van der Waals surface area (Å²) in [5.41, 5.74) is 1.58. The first kappa shape index (κ1) is 19.5. The largest absolute Gasteiger partial charge is 0.317 e. The molecule has 1 aromatic carbocycles. The first-order valence-electron chi connectivity index (χ1n) is 8.63. The molecule has 136 valence electrons. The monoisotopic (exact) mass is 362 g/mol. The molecule has 2 aromatic rings. The van der Waals surface area contributed by atoms with E-state index >= 15 is 0 Å². The summed E-state index contributed by atoms with van der Waals surface area (Å²) in [5.74, 6) is 0.543. The van der Waals surface area contributed by atoms with E-state index in [0.717, 1.165) is 31.6 Å². The van der Waals surface area contributed by atoms with Crippen molar-refractivity contribution >= 4 is 24.0 Å². The highest BCUT2D eigenvalue weighted by Gasteiger charge is 2.44. The molecular weight excluding hydrogens is 336 g/mol. The van der Waals surface area contributed by atoms with E-state index in [9.17, 15) is 4.79 Å². The number of hydrogen-bond acceptors (Lipinski definition) is 3. The van der Waals surface area contributed by atoms with E-state index in [1.165, 1.54) is 5.56 Å². The third-order valence-corrected chi connectivity index (χ3v) is 5.00. The number of piperidine rings is 1. The fourth-order valence-corrected chi connectivity index (χ4v) is 3.43. The Morgan fingerprint density at radius 3 is 2.60 bits per heavy atom. The van der Waals surface area contributed by atoms with Crippen molar-refractivity contribution < 1.29 is 4.79 Å². The van der Waals surface area contributed by atoms with Gasteiger partial charge in [-0.05, 0) is 55.6 Å². The molecule has 0 radical (unpaired) electrons. The smallest absolute Gasteiger partial charge is 0.254 e. The molecule has 1 aliphatic heterocycles. The summed E-state index contributed by atoms with van der Waals surface area (Å²) in [5, 5.41) is 7.74. The molecule has 2 heterocycles. The highest BCUT2D eigenvalue weighted by molar-refractivity contribution is 5.98. The highest BCUT2D eigenvalue weighted by atomic mass is 35.5. The first-order chi connectivity index (χ1) is 11.5. The zero-order chi connectivity index (χ0) is 17.2. The fraction of sp³-hybridized carbons (Fsp3) is 0.474. The predicted octanol–water partition coefficient (Wildman–Crippen LogP) is 3.17. The number of nitrogens with one attached hydrogen (secondary N) is 1. The van der Waals surface area contributed by atoms with Gasteiger partial charge in [0.25, 0.3) is 5.91 Å². The van der Waals surface area contributed by atoms with Gasteiger partial charge in [-0.2, -0.15) is 5.10 Å². The van der Waals surface area contributed by atoms with Crippen LogP contribution in [0.15, 0.2) is 42.7 Å². The van der Waals surface area contributed by atoms with E-state index < -0.39 is 5.54 Å². The Hall–Kier alpha value is -1.85. The molecule has 6 heteroatoms. The maximum Gasteiger partial charge on any atom is 0.254 e. The molecule has 1 saturated heterocycles. The number of nitrogens with zero attached hydrogens (tertiary/aromatic N) is 3. The normalized spacial score (nSPS) is 16.3. The van der Waals surface area contributed by atoms with Crippen molar-refractivity contribution in [3.05, 3.63) is 48.3 Å². The van der Waals surface area contributed by atoms with Gasteiger partial charge in [0.15, 0.2) is 0 Å². The average Bonchev–Trinajstić information content (AvgIpc) is 3.16. The first-order valence-corrected chi connectivity index (χ1v) is 8.63. The van der Waals surface area contributed by atoms with Gasteiger partial charge in [-0.15, -0.1) is 12.4 Å². The second-order valence-electron chi connectivity index (χ2n) is 6.85. The van der Waals surface area contributed by atoms with Gasteiger partial charge in [0.1, 0.15) is 5.54 Å². The quantitative estimate of drug-likeness (QED) is 0.908. The lowest BCUT2D eigenvalue weighted by Crippen LogP contribution is -2.55. The molecule has 5 nitrogen and oxygen atoms in total. The Morgan fingerprint density at radius 2 is 2.00 bits per heavy atom. The predicted molar refractivity (Wildman–Crippen MR) is 103 cm³/mol. The summed E-state index contributed by atoms with van der Waals surface area (Å²) in [6.07, 6.45) is 5.15. The summed E-state index contributed by atoms with van der Waals surface area (Å²) in [6.45, 7) is 5.98. The molecule has 1 N–H and O–H groups in total. The van der Waals surface area contributed by atoms with Gasteiger partial charge in [0, 0.05) is 25.1 Å². The van der Waals surface area contributed by atoms with Gasteiger partial charge in [0.2, 0.25) is 0 Å². The minimum atomic E-state index is -0.600. The molecule has 1 fully saturated rings. The highest BCUT2D eigenvalue weighted by Crippen LogP contribution is 2.31. The molecule has 0 atom stereocenters. The number of likely N-dealkylation sites (N-methyl/N-ethyl adjacent to an activating group) is 1. The SMILES string of the molecule is CC(C)c1cccc(N(C)C(=O)C2(n3cccn3)CCNCC2)c1.Cl. The molecule has 25 heavy (non-hydrogen) atoms. The summed E-state index contributed by atoms with van der Waals surface area (Å²) < 4.78 is 1.85. The zero-order valence-electron chi connectivity index (χ0n) is 15.1. The van der Waals surface area contributed by atoms with E-state index in [1.807, 2.05) is 36.1 Å². The van der Waals surface area contributed by atoms with Crippen LogP contribution in [0.1, 0.15) is 38.2 Å². The molecule has 0 saturated carbocycles. The Labute approximate surface area is 155 Å². The van der Waals surface area contributed by atoms with Gasteiger partial charge >= 0.3 is 0 Å². The van der Waals surface area contributed by atoms with Crippen LogP contribution in [0.2, 0.25) is 0 Å². The second kappa shape index (κ2) is 8.02. The Morgan fingerprint density at radius 1 is 1.28 bits per heavy atom.